The number of amides is 3. The molecule has 3 amide bonds. The van der Waals surface area contributed by atoms with Crippen molar-refractivity contribution in [2.75, 3.05) is 11.5 Å². The molecule has 3 aromatic carbocycles. The van der Waals surface area contributed by atoms with Crippen LogP contribution in [0.1, 0.15) is 54.7 Å². The van der Waals surface area contributed by atoms with E-state index in [9.17, 15) is 14.4 Å². The summed E-state index contributed by atoms with van der Waals surface area (Å²) in [5, 5.41) is 2.86. The first-order valence-corrected chi connectivity index (χ1v) is 10.5. The van der Waals surface area contributed by atoms with E-state index in [1.54, 1.807) is 12.1 Å². The molecule has 6 heteroatoms. The Morgan fingerprint density at radius 2 is 1.72 bits per heavy atom. The lowest BCUT2D eigenvalue weighted by atomic mass is 10.1. The van der Waals surface area contributed by atoms with Crippen molar-refractivity contribution in [3.63, 3.8) is 0 Å². The summed E-state index contributed by atoms with van der Waals surface area (Å²) in [6.07, 6.45) is 0. The molecule has 0 fully saturated rings. The third-order valence-corrected chi connectivity index (χ3v) is 5.42. The van der Waals surface area contributed by atoms with Crippen molar-refractivity contribution in [1.29, 1.82) is 0 Å². The van der Waals surface area contributed by atoms with E-state index in [4.69, 9.17) is 4.74 Å². The maximum atomic E-state index is 13.1. The first kappa shape index (κ1) is 21.3. The summed E-state index contributed by atoms with van der Waals surface area (Å²) in [6.45, 7) is 6.57. The van der Waals surface area contributed by atoms with E-state index in [-0.39, 0.29) is 17.4 Å². The Bertz CT molecular complexity index is 1230. The van der Waals surface area contributed by atoms with E-state index in [2.05, 4.69) is 5.32 Å². The summed E-state index contributed by atoms with van der Waals surface area (Å²) in [5.74, 6) is -0.372. The summed E-state index contributed by atoms with van der Waals surface area (Å²) in [7, 11) is 0. The Morgan fingerprint density at radius 1 is 0.938 bits per heavy atom. The van der Waals surface area contributed by atoms with Crippen LogP contribution < -0.4 is 15.0 Å². The molecule has 1 heterocycles. The molecule has 1 aliphatic rings. The van der Waals surface area contributed by atoms with E-state index in [1.807, 2.05) is 63.2 Å². The predicted molar refractivity (Wildman–Crippen MR) is 122 cm³/mol. The SMILES string of the molecule is CCOc1cccc(CNC(=O)c2ccc3c(c2)C(=O)N(c2cc(C)ccc2C)C3=O)c1. The predicted octanol–water partition coefficient (Wildman–Crippen LogP) is 4.43. The normalized spacial score (nSPS) is 12.7. The number of carbonyl (C=O) groups is 3. The fraction of sp³-hybridized carbons (Fsp3) is 0.192. The molecule has 162 valence electrons. The monoisotopic (exact) mass is 428 g/mol. The highest BCUT2D eigenvalue weighted by Crippen LogP contribution is 2.31. The number of ether oxygens (including phenoxy) is 1. The van der Waals surface area contributed by atoms with Gasteiger partial charge in [-0.25, -0.2) is 4.90 Å². The minimum absolute atomic E-state index is 0.238. The zero-order chi connectivity index (χ0) is 22.8. The van der Waals surface area contributed by atoms with Gasteiger partial charge in [-0.05, 0) is 73.9 Å². The first-order valence-electron chi connectivity index (χ1n) is 10.5. The van der Waals surface area contributed by atoms with Crippen LogP contribution in [-0.4, -0.2) is 24.3 Å². The number of benzene rings is 3. The van der Waals surface area contributed by atoms with E-state index in [1.165, 1.54) is 11.0 Å². The smallest absolute Gasteiger partial charge is 0.266 e. The van der Waals surface area contributed by atoms with Crippen LogP contribution in [0.5, 0.6) is 5.75 Å². The topological polar surface area (TPSA) is 75.7 Å². The van der Waals surface area contributed by atoms with Crippen LogP contribution in [0.4, 0.5) is 5.69 Å². The fourth-order valence-electron chi connectivity index (χ4n) is 3.76. The van der Waals surface area contributed by atoms with Gasteiger partial charge in [0.1, 0.15) is 5.75 Å². The number of nitrogens with zero attached hydrogens (tertiary/aromatic N) is 1. The number of anilines is 1. The molecular weight excluding hydrogens is 404 g/mol. The zero-order valence-electron chi connectivity index (χ0n) is 18.3. The summed E-state index contributed by atoms with van der Waals surface area (Å²) in [5.41, 5.74) is 4.12. The van der Waals surface area contributed by atoms with Gasteiger partial charge in [0.2, 0.25) is 0 Å². The van der Waals surface area contributed by atoms with E-state index < -0.39 is 5.91 Å². The Morgan fingerprint density at radius 3 is 2.50 bits per heavy atom. The average molecular weight is 428 g/mol. The van der Waals surface area contributed by atoms with Gasteiger partial charge in [-0.1, -0.05) is 24.3 Å². The first-order chi connectivity index (χ1) is 15.4. The summed E-state index contributed by atoms with van der Waals surface area (Å²) in [4.78, 5) is 39.9. The molecule has 4 rings (SSSR count). The second-order valence-corrected chi connectivity index (χ2v) is 7.76. The van der Waals surface area contributed by atoms with Crippen LogP contribution in [0.3, 0.4) is 0 Å². The van der Waals surface area contributed by atoms with Crippen molar-refractivity contribution >= 4 is 23.4 Å². The van der Waals surface area contributed by atoms with Gasteiger partial charge < -0.3 is 10.1 Å². The van der Waals surface area contributed by atoms with Crippen LogP contribution >= 0.6 is 0 Å². The van der Waals surface area contributed by atoms with E-state index in [0.717, 1.165) is 22.4 Å². The number of hydrogen-bond donors (Lipinski definition) is 1. The third kappa shape index (κ3) is 3.99. The van der Waals surface area contributed by atoms with Crippen molar-refractivity contribution in [3.05, 3.63) is 94.0 Å². The molecule has 0 aliphatic carbocycles. The molecule has 32 heavy (non-hydrogen) atoms. The number of aryl methyl sites for hydroxylation is 2. The van der Waals surface area contributed by atoms with Crippen molar-refractivity contribution in [1.82, 2.24) is 5.32 Å². The van der Waals surface area contributed by atoms with Crippen molar-refractivity contribution in [2.24, 2.45) is 0 Å². The number of imide groups is 1. The fourth-order valence-corrected chi connectivity index (χ4v) is 3.76. The van der Waals surface area contributed by atoms with Crippen LogP contribution in [0.2, 0.25) is 0 Å². The highest BCUT2D eigenvalue weighted by Gasteiger charge is 2.37. The Kier molecular flexibility index (Phi) is 5.77. The second kappa shape index (κ2) is 8.67. The molecule has 0 aromatic heterocycles. The molecular formula is C26H24N2O4. The van der Waals surface area contributed by atoms with Gasteiger partial charge in [0.05, 0.1) is 23.4 Å². The van der Waals surface area contributed by atoms with Crippen LogP contribution in [0, 0.1) is 13.8 Å². The van der Waals surface area contributed by atoms with Crippen molar-refractivity contribution in [2.45, 2.75) is 27.3 Å². The molecule has 1 N–H and O–H groups in total. The highest BCUT2D eigenvalue weighted by molar-refractivity contribution is 6.35. The van der Waals surface area contributed by atoms with Crippen molar-refractivity contribution in [3.8, 4) is 5.75 Å². The lowest BCUT2D eigenvalue weighted by Crippen LogP contribution is -2.30. The molecule has 3 aromatic rings. The summed E-state index contributed by atoms with van der Waals surface area (Å²) >= 11 is 0. The average Bonchev–Trinajstić information content (AvgIpc) is 3.04. The molecule has 0 saturated carbocycles. The molecule has 0 bridgehead atoms. The molecule has 0 saturated heterocycles. The largest absolute Gasteiger partial charge is 0.494 e. The van der Waals surface area contributed by atoms with Gasteiger partial charge in [0, 0.05) is 12.1 Å². The summed E-state index contributed by atoms with van der Waals surface area (Å²) in [6, 6.07) is 17.7. The van der Waals surface area contributed by atoms with Gasteiger partial charge in [-0.2, -0.15) is 0 Å². The standard InChI is InChI=1S/C26H24N2O4/c1-4-32-20-7-5-6-18(13-20)15-27-24(29)19-10-11-21-22(14-19)26(31)28(25(21)30)23-12-16(2)8-9-17(23)3/h5-14H,4,15H2,1-3H3,(H,27,29). The number of carbonyl (C=O) groups excluding carboxylic acids is 3. The minimum atomic E-state index is -0.419. The number of hydrogen-bond acceptors (Lipinski definition) is 4. The molecule has 0 atom stereocenters. The van der Waals surface area contributed by atoms with Crippen molar-refractivity contribution < 1.29 is 19.1 Å². The van der Waals surface area contributed by atoms with Gasteiger partial charge in [0.25, 0.3) is 17.7 Å². The molecule has 0 radical (unpaired) electrons. The maximum Gasteiger partial charge on any atom is 0.266 e. The van der Waals surface area contributed by atoms with Crippen LogP contribution in [0.15, 0.2) is 60.7 Å². The lowest BCUT2D eigenvalue weighted by Gasteiger charge is -2.17. The molecule has 6 nitrogen and oxygen atoms in total. The molecule has 1 aliphatic heterocycles. The van der Waals surface area contributed by atoms with Gasteiger partial charge in [-0.15, -0.1) is 0 Å². The van der Waals surface area contributed by atoms with Gasteiger partial charge in [0.15, 0.2) is 0 Å². The second-order valence-electron chi connectivity index (χ2n) is 7.76. The zero-order valence-corrected chi connectivity index (χ0v) is 18.3. The maximum absolute atomic E-state index is 13.1. The Hall–Kier alpha value is -3.93. The minimum Gasteiger partial charge on any atom is -0.494 e. The third-order valence-electron chi connectivity index (χ3n) is 5.42. The highest BCUT2D eigenvalue weighted by atomic mass is 16.5. The van der Waals surface area contributed by atoms with E-state index in [0.29, 0.717) is 30.0 Å². The number of nitrogens with one attached hydrogen (secondary N) is 1. The van der Waals surface area contributed by atoms with Gasteiger partial charge >= 0.3 is 0 Å². The van der Waals surface area contributed by atoms with Gasteiger partial charge in [-0.3, -0.25) is 14.4 Å². The number of fused-ring (bicyclic) bond motifs is 1. The summed E-state index contributed by atoms with van der Waals surface area (Å²) < 4.78 is 5.49. The molecule has 0 unspecified atom stereocenters. The Balaban J connectivity index is 1.54. The lowest BCUT2D eigenvalue weighted by molar-refractivity contribution is 0.0923. The quantitative estimate of drug-likeness (QED) is 0.589. The van der Waals surface area contributed by atoms with Crippen LogP contribution in [-0.2, 0) is 6.54 Å². The Labute approximate surface area is 186 Å². The molecule has 0 spiro atoms. The van der Waals surface area contributed by atoms with E-state index >= 15 is 0 Å². The van der Waals surface area contributed by atoms with Crippen LogP contribution in [0.25, 0.3) is 0 Å². The number of rotatable bonds is 6.